The number of imidazole rings is 1. The summed E-state index contributed by atoms with van der Waals surface area (Å²) in [5.41, 5.74) is 10.1. The Morgan fingerprint density at radius 2 is 1.38 bits per heavy atom. The molecule has 0 atom stereocenters. The first-order valence-electron chi connectivity index (χ1n) is 20.7. The van der Waals surface area contributed by atoms with Gasteiger partial charge < -0.3 is 5.11 Å². The summed E-state index contributed by atoms with van der Waals surface area (Å²) in [5, 5.41) is 11.3. The predicted molar refractivity (Wildman–Crippen MR) is 221 cm³/mol. The quantitative estimate of drug-likeness (QED) is 0.188. The van der Waals surface area contributed by atoms with Gasteiger partial charge in [-0.3, -0.25) is 9.55 Å². The fraction of sp³-hybridized carbons (Fsp3) is 0.143. The lowest BCUT2D eigenvalue weighted by molar-refractivity contribution is 0.477. The van der Waals surface area contributed by atoms with Gasteiger partial charge in [0.15, 0.2) is 0 Å². The van der Waals surface area contributed by atoms with Crippen molar-refractivity contribution in [2.24, 2.45) is 0 Å². The van der Waals surface area contributed by atoms with Crippen LogP contribution in [0.2, 0.25) is 0 Å². The minimum atomic E-state index is -2.77. The zero-order valence-electron chi connectivity index (χ0n) is 36.1. The monoisotopic (exact) mass is 695 g/mol. The van der Waals surface area contributed by atoms with Crippen molar-refractivity contribution >= 4 is 11.0 Å². The molecule has 4 heteroatoms. The maximum Gasteiger partial charge on any atom is 0.149 e. The number of aromatic nitrogens is 3. The number of nitrogens with zero attached hydrogens (tertiary/aromatic N) is 3. The molecule has 2 heterocycles. The maximum absolute atomic E-state index is 11.3. The molecule has 8 rings (SSSR count). The Morgan fingerprint density at radius 3 is 2.13 bits per heavy atom. The minimum absolute atomic E-state index is 0.0133. The molecule has 0 aliphatic heterocycles. The lowest BCUT2D eigenvalue weighted by Crippen LogP contribution is -2.11. The van der Waals surface area contributed by atoms with Crippen molar-refractivity contribution in [1.82, 2.24) is 14.5 Å². The normalized spacial score (nSPS) is 13.8. The van der Waals surface area contributed by atoms with Gasteiger partial charge in [-0.15, -0.1) is 0 Å². The molecule has 0 radical (unpaired) electrons. The van der Waals surface area contributed by atoms with E-state index in [-0.39, 0.29) is 27.9 Å². The van der Waals surface area contributed by atoms with Crippen molar-refractivity contribution in [2.75, 3.05) is 0 Å². The summed E-state index contributed by atoms with van der Waals surface area (Å²) < 4.78 is 53.1. The second-order valence-electron chi connectivity index (χ2n) is 14.6. The van der Waals surface area contributed by atoms with Gasteiger partial charge in [-0.05, 0) is 125 Å². The fourth-order valence-electron chi connectivity index (χ4n) is 6.92. The van der Waals surface area contributed by atoms with Crippen LogP contribution in [0.25, 0.3) is 72.7 Å². The second-order valence-corrected chi connectivity index (χ2v) is 14.6. The molecule has 4 nitrogen and oxygen atoms in total. The maximum atomic E-state index is 11.3. The number of pyridine rings is 1. The zero-order chi connectivity index (χ0) is 41.9. The van der Waals surface area contributed by atoms with Crippen LogP contribution in [0.4, 0.5) is 0 Å². The Morgan fingerprint density at radius 1 is 0.623 bits per heavy atom. The number of para-hydroxylation sites is 2. The standard InChI is InChI=1S/C49H43N3O/c1-31-19-21-34(22-20-31)36-23-24-50-44(29-36)38-26-37(27-39(28-38)49(4,5)6)41-16-12-17-45-47(41)51-48(42-15-10-11-18-46(42)53)52(45)40-25-32(2)33(3)43(30-40)35-13-8-7-9-14-35/h7-30,53H,1-6H3/i2D3,3D3. The van der Waals surface area contributed by atoms with Crippen LogP contribution in [0.5, 0.6) is 5.75 Å². The molecule has 0 unspecified atom stereocenters. The van der Waals surface area contributed by atoms with Crippen LogP contribution in [0.15, 0.2) is 146 Å². The molecule has 0 aliphatic carbocycles. The Kier molecular flexibility index (Phi) is 6.91. The molecule has 8 aromatic rings. The third-order valence-electron chi connectivity index (χ3n) is 9.85. The van der Waals surface area contributed by atoms with Crippen molar-refractivity contribution in [2.45, 2.75) is 46.8 Å². The molecular formula is C49H43N3O. The number of aromatic hydroxyl groups is 1. The Labute approximate surface area is 320 Å². The van der Waals surface area contributed by atoms with E-state index < -0.39 is 13.7 Å². The summed E-state index contributed by atoms with van der Waals surface area (Å²) in [6.07, 6.45) is 1.84. The van der Waals surface area contributed by atoms with Crippen LogP contribution < -0.4 is 0 Å². The van der Waals surface area contributed by atoms with E-state index >= 15 is 0 Å². The molecule has 0 spiro atoms. The molecule has 2 aromatic heterocycles. The van der Waals surface area contributed by atoms with Gasteiger partial charge in [0.1, 0.15) is 11.6 Å². The minimum Gasteiger partial charge on any atom is -0.507 e. The molecule has 53 heavy (non-hydrogen) atoms. The number of hydrogen-bond donors (Lipinski definition) is 1. The fourth-order valence-corrected chi connectivity index (χ4v) is 6.92. The predicted octanol–water partition coefficient (Wildman–Crippen LogP) is 12.7. The van der Waals surface area contributed by atoms with Gasteiger partial charge in [-0.25, -0.2) is 4.98 Å². The zero-order valence-corrected chi connectivity index (χ0v) is 30.1. The third kappa shape index (κ3) is 6.42. The third-order valence-corrected chi connectivity index (χ3v) is 9.85. The van der Waals surface area contributed by atoms with Crippen LogP contribution in [0.3, 0.4) is 0 Å². The number of phenols is 1. The second kappa shape index (κ2) is 13.4. The molecule has 6 aromatic carbocycles. The van der Waals surface area contributed by atoms with Gasteiger partial charge in [0.2, 0.25) is 0 Å². The van der Waals surface area contributed by atoms with Crippen molar-refractivity contribution in [3.05, 3.63) is 168 Å². The first-order chi connectivity index (χ1) is 28.0. The van der Waals surface area contributed by atoms with Crippen LogP contribution in [-0.4, -0.2) is 19.6 Å². The lowest BCUT2D eigenvalue weighted by atomic mass is 9.83. The number of benzene rings is 6. The van der Waals surface area contributed by atoms with E-state index in [0.29, 0.717) is 33.7 Å². The number of aryl methyl sites for hydroxylation is 2. The molecule has 0 saturated carbocycles. The smallest absolute Gasteiger partial charge is 0.149 e. The SMILES string of the molecule is [2H]C([2H])([2H])c1cc(-n2c(-c3ccccc3O)nc3c(-c4cc(-c5cc(-c6ccc(C)cc6)ccn5)cc(C(C)(C)C)c4)cccc32)cc(-c2ccccc2)c1C([2H])([2H])[2H]. The average Bonchev–Trinajstić information content (AvgIpc) is 3.60. The summed E-state index contributed by atoms with van der Waals surface area (Å²) in [7, 11) is 0. The van der Waals surface area contributed by atoms with Crippen molar-refractivity contribution in [3.8, 4) is 67.5 Å². The highest BCUT2D eigenvalue weighted by molar-refractivity contribution is 5.97. The average molecular weight is 696 g/mol. The molecule has 0 amide bonds. The highest BCUT2D eigenvalue weighted by atomic mass is 16.3. The molecule has 0 fully saturated rings. The highest BCUT2D eigenvalue weighted by Crippen LogP contribution is 2.41. The highest BCUT2D eigenvalue weighted by Gasteiger charge is 2.23. The number of phenolic OH excluding ortho intramolecular Hbond substituents is 1. The van der Waals surface area contributed by atoms with E-state index in [1.165, 1.54) is 11.6 Å². The van der Waals surface area contributed by atoms with E-state index in [1.54, 1.807) is 54.6 Å². The number of fused-ring (bicyclic) bond motifs is 1. The summed E-state index contributed by atoms with van der Waals surface area (Å²) in [4.78, 5) is 10.1. The lowest BCUT2D eigenvalue weighted by Gasteiger charge is -2.22. The van der Waals surface area contributed by atoms with Crippen molar-refractivity contribution < 1.29 is 13.3 Å². The van der Waals surface area contributed by atoms with Crippen molar-refractivity contribution in [3.63, 3.8) is 0 Å². The Hall–Kier alpha value is -6.26. The Balaban J connectivity index is 1.41. The Bertz CT molecular complexity index is 2850. The topological polar surface area (TPSA) is 50.9 Å². The van der Waals surface area contributed by atoms with E-state index in [4.69, 9.17) is 18.2 Å². The first kappa shape index (κ1) is 27.4. The van der Waals surface area contributed by atoms with Gasteiger partial charge in [0, 0.05) is 31.2 Å². The summed E-state index contributed by atoms with van der Waals surface area (Å²) in [6, 6.07) is 43.9. The molecular weight excluding hydrogens is 647 g/mol. The largest absolute Gasteiger partial charge is 0.507 e. The first-order valence-corrected chi connectivity index (χ1v) is 17.7. The van der Waals surface area contributed by atoms with Crippen LogP contribution in [-0.2, 0) is 5.41 Å². The van der Waals surface area contributed by atoms with Gasteiger partial charge in [-0.2, -0.15) is 0 Å². The molecule has 0 saturated heterocycles. The van der Waals surface area contributed by atoms with Gasteiger partial charge >= 0.3 is 0 Å². The summed E-state index contributed by atoms with van der Waals surface area (Å²) in [6.45, 7) is 3.09. The summed E-state index contributed by atoms with van der Waals surface area (Å²) >= 11 is 0. The van der Waals surface area contributed by atoms with Gasteiger partial charge in [0.05, 0.1) is 22.3 Å². The molecule has 260 valence electrons. The van der Waals surface area contributed by atoms with Gasteiger partial charge in [-0.1, -0.05) is 111 Å². The number of rotatable bonds is 6. The van der Waals surface area contributed by atoms with E-state index in [0.717, 1.165) is 39.1 Å². The van der Waals surface area contributed by atoms with E-state index in [9.17, 15) is 5.11 Å². The van der Waals surface area contributed by atoms with Crippen LogP contribution >= 0.6 is 0 Å². The van der Waals surface area contributed by atoms with E-state index in [2.05, 4.69) is 76.2 Å². The number of hydrogen-bond acceptors (Lipinski definition) is 3. The van der Waals surface area contributed by atoms with E-state index in [1.807, 2.05) is 41.1 Å². The summed E-state index contributed by atoms with van der Waals surface area (Å²) in [5.74, 6) is 0.350. The molecule has 1 N–H and O–H groups in total. The van der Waals surface area contributed by atoms with Crippen molar-refractivity contribution in [1.29, 1.82) is 0 Å². The van der Waals surface area contributed by atoms with Gasteiger partial charge in [0.25, 0.3) is 0 Å². The molecule has 0 bridgehead atoms. The van der Waals surface area contributed by atoms with Crippen LogP contribution in [0.1, 0.15) is 51.2 Å². The van der Waals surface area contributed by atoms with Crippen LogP contribution in [0, 0.1) is 20.6 Å². The molecule has 0 aliphatic rings.